The van der Waals surface area contributed by atoms with Gasteiger partial charge in [-0.25, -0.2) is 13.6 Å². The van der Waals surface area contributed by atoms with E-state index in [1.165, 1.54) is 10.6 Å². The molecular formula is C31H31F2N5O3. The summed E-state index contributed by atoms with van der Waals surface area (Å²) in [6.45, 7) is 4.86. The predicted molar refractivity (Wildman–Crippen MR) is 153 cm³/mol. The van der Waals surface area contributed by atoms with Crippen molar-refractivity contribution in [3.8, 4) is 16.9 Å². The molecule has 2 saturated heterocycles. The SMILES string of the molecule is O=C(c1c(-c2ccccc2)n(-c2cccc(N3CCOCC3)c2)c(=O)n1Cc1ccc(F)c(F)c1)N1CCNCC1. The third kappa shape index (κ3) is 5.40. The van der Waals surface area contributed by atoms with E-state index in [0.29, 0.717) is 61.9 Å². The summed E-state index contributed by atoms with van der Waals surface area (Å²) in [4.78, 5) is 32.5. The summed E-state index contributed by atoms with van der Waals surface area (Å²) in [5, 5.41) is 3.25. The van der Waals surface area contributed by atoms with Crippen molar-refractivity contribution >= 4 is 11.6 Å². The minimum atomic E-state index is -1.01. The molecule has 10 heteroatoms. The van der Waals surface area contributed by atoms with E-state index in [1.54, 1.807) is 9.47 Å². The molecule has 1 N–H and O–H groups in total. The van der Waals surface area contributed by atoms with Gasteiger partial charge in [-0.2, -0.15) is 0 Å². The maximum atomic E-state index is 14.4. The fraction of sp³-hybridized carbons (Fsp3) is 0.290. The second-order valence-corrected chi connectivity index (χ2v) is 10.2. The molecule has 3 aromatic carbocycles. The molecule has 212 valence electrons. The number of carbonyl (C=O) groups excluding carboxylic acids is 1. The molecule has 8 nitrogen and oxygen atoms in total. The van der Waals surface area contributed by atoms with Gasteiger partial charge in [-0.15, -0.1) is 0 Å². The van der Waals surface area contributed by atoms with Gasteiger partial charge in [0.05, 0.1) is 31.1 Å². The summed E-state index contributed by atoms with van der Waals surface area (Å²) in [6.07, 6.45) is 0. The zero-order valence-electron chi connectivity index (χ0n) is 22.6. The van der Waals surface area contributed by atoms with Gasteiger partial charge in [-0.1, -0.05) is 42.5 Å². The Labute approximate surface area is 236 Å². The topological polar surface area (TPSA) is 71.7 Å². The lowest BCUT2D eigenvalue weighted by Gasteiger charge is -2.29. The monoisotopic (exact) mass is 559 g/mol. The molecule has 0 spiro atoms. The highest BCUT2D eigenvalue weighted by molar-refractivity contribution is 5.99. The Balaban J connectivity index is 1.57. The molecule has 0 atom stereocenters. The third-order valence-corrected chi connectivity index (χ3v) is 7.58. The lowest BCUT2D eigenvalue weighted by Crippen LogP contribution is -2.47. The van der Waals surface area contributed by atoms with Crippen molar-refractivity contribution in [1.29, 1.82) is 0 Å². The molecule has 2 aliphatic rings. The minimum absolute atomic E-state index is 0.0980. The first kappa shape index (κ1) is 26.9. The van der Waals surface area contributed by atoms with E-state index in [2.05, 4.69) is 10.2 Å². The van der Waals surface area contributed by atoms with Crippen molar-refractivity contribution in [2.24, 2.45) is 0 Å². The van der Waals surface area contributed by atoms with Crippen molar-refractivity contribution in [3.63, 3.8) is 0 Å². The normalized spacial score (nSPS) is 15.8. The Morgan fingerprint density at radius 1 is 0.829 bits per heavy atom. The number of rotatable bonds is 6. The van der Waals surface area contributed by atoms with Gasteiger partial charge in [-0.05, 0) is 35.9 Å². The summed E-state index contributed by atoms with van der Waals surface area (Å²) in [6, 6.07) is 20.6. The number of ether oxygens (including phenoxy) is 1. The number of nitrogens with zero attached hydrogens (tertiary/aromatic N) is 4. The zero-order chi connectivity index (χ0) is 28.3. The average Bonchev–Trinajstić information content (AvgIpc) is 3.31. The van der Waals surface area contributed by atoms with Gasteiger partial charge in [0, 0.05) is 50.5 Å². The molecule has 2 fully saturated rings. The number of hydrogen-bond acceptors (Lipinski definition) is 5. The quantitative estimate of drug-likeness (QED) is 0.392. The van der Waals surface area contributed by atoms with Gasteiger partial charge < -0.3 is 19.9 Å². The van der Waals surface area contributed by atoms with Crippen LogP contribution in [-0.2, 0) is 11.3 Å². The molecule has 6 rings (SSSR count). The van der Waals surface area contributed by atoms with Crippen LogP contribution in [0.15, 0.2) is 77.6 Å². The number of halogens is 2. The number of morpholine rings is 1. The molecular weight excluding hydrogens is 528 g/mol. The number of nitrogens with one attached hydrogen (secondary N) is 1. The first-order valence-electron chi connectivity index (χ1n) is 13.8. The first-order chi connectivity index (χ1) is 20.0. The molecule has 1 aromatic heterocycles. The van der Waals surface area contributed by atoms with E-state index in [0.717, 1.165) is 30.9 Å². The molecule has 1 amide bonds. The van der Waals surface area contributed by atoms with E-state index in [1.807, 2.05) is 54.6 Å². The highest BCUT2D eigenvalue weighted by Gasteiger charge is 2.31. The van der Waals surface area contributed by atoms with Crippen LogP contribution in [0, 0.1) is 11.6 Å². The predicted octanol–water partition coefficient (Wildman–Crippen LogP) is 3.51. The maximum Gasteiger partial charge on any atom is 0.334 e. The van der Waals surface area contributed by atoms with Gasteiger partial charge in [0.1, 0.15) is 5.69 Å². The zero-order valence-corrected chi connectivity index (χ0v) is 22.6. The van der Waals surface area contributed by atoms with Crippen LogP contribution in [0.2, 0.25) is 0 Å². The second kappa shape index (κ2) is 11.7. The number of benzene rings is 3. The lowest BCUT2D eigenvalue weighted by atomic mass is 10.1. The van der Waals surface area contributed by atoms with Crippen LogP contribution in [0.1, 0.15) is 16.1 Å². The van der Waals surface area contributed by atoms with Crippen LogP contribution < -0.4 is 15.9 Å². The number of carbonyl (C=O) groups is 1. The Hall–Kier alpha value is -4.28. The third-order valence-electron chi connectivity index (χ3n) is 7.58. The van der Waals surface area contributed by atoms with Gasteiger partial charge in [0.2, 0.25) is 0 Å². The molecule has 3 heterocycles. The van der Waals surface area contributed by atoms with E-state index in [-0.39, 0.29) is 18.1 Å². The lowest BCUT2D eigenvalue weighted by molar-refractivity contribution is 0.0725. The average molecular weight is 560 g/mol. The number of hydrogen-bond donors (Lipinski definition) is 1. The van der Waals surface area contributed by atoms with E-state index in [4.69, 9.17) is 4.74 Å². The molecule has 41 heavy (non-hydrogen) atoms. The first-order valence-corrected chi connectivity index (χ1v) is 13.8. The summed E-state index contributed by atoms with van der Waals surface area (Å²) in [5.74, 6) is -2.26. The number of aromatic nitrogens is 2. The van der Waals surface area contributed by atoms with Gasteiger partial charge in [-0.3, -0.25) is 13.9 Å². The van der Waals surface area contributed by atoms with Crippen molar-refractivity contribution in [2.75, 3.05) is 57.4 Å². The summed E-state index contributed by atoms with van der Waals surface area (Å²) in [5.41, 5.74) is 2.86. The minimum Gasteiger partial charge on any atom is -0.378 e. The number of anilines is 1. The van der Waals surface area contributed by atoms with Crippen LogP contribution in [-0.4, -0.2) is 72.4 Å². The maximum absolute atomic E-state index is 14.4. The summed E-state index contributed by atoms with van der Waals surface area (Å²) < 4.78 is 36.4. The Kier molecular flexibility index (Phi) is 7.67. The molecule has 0 saturated carbocycles. The van der Waals surface area contributed by atoms with Crippen LogP contribution in [0.4, 0.5) is 14.5 Å². The number of piperazine rings is 1. The highest BCUT2D eigenvalue weighted by atomic mass is 19.2. The Bertz CT molecular complexity index is 1610. The van der Waals surface area contributed by atoms with E-state index >= 15 is 0 Å². The Morgan fingerprint density at radius 3 is 2.29 bits per heavy atom. The van der Waals surface area contributed by atoms with Crippen LogP contribution >= 0.6 is 0 Å². The van der Waals surface area contributed by atoms with Crippen molar-refractivity contribution < 1.29 is 18.3 Å². The van der Waals surface area contributed by atoms with Crippen LogP contribution in [0.3, 0.4) is 0 Å². The van der Waals surface area contributed by atoms with Crippen LogP contribution in [0.25, 0.3) is 16.9 Å². The number of amides is 1. The molecule has 0 unspecified atom stereocenters. The standard InChI is InChI=1S/C31H31F2N5O3/c32-26-10-9-22(19-27(26)33)21-37-29(30(39)36-13-11-34-12-14-36)28(23-5-2-1-3-6-23)38(31(37)40)25-8-4-7-24(20-25)35-15-17-41-18-16-35/h1-10,19-20,34H,11-18,21H2. The largest absolute Gasteiger partial charge is 0.378 e. The second-order valence-electron chi connectivity index (χ2n) is 10.2. The fourth-order valence-electron chi connectivity index (χ4n) is 5.50. The molecule has 0 bridgehead atoms. The van der Waals surface area contributed by atoms with Gasteiger partial charge >= 0.3 is 5.69 Å². The van der Waals surface area contributed by atoms with Crippen molar-refractivity contribution in [2.45, 2.75) is 6.54 Å². The van der Waals surface area contributed by atoms with Gasteiger partial charge in [0.25, 0.3) is 5.91 Å². The molecule has 0 aliphatic carbocycles. The molecule has 2 aliphatic heterocycles. The summed E-state index contributed by atoms with van der Waals surface area (Å²) in [7, 11) is 0. The fourth-order valence-corrected chi connectivity index (χ4v) is 5.50. The van der Waals surface area contributed by atoms with Crippen molar-refractivity contribution in [1.82, 2.24) is 19.4 Å². The molecule has 0 radical (unpaired) electrons. The van der Waals surface area contributed by atoms with Crippen molar-refractivity contribution in [3.05, 3.63) is 106 Å². The molecule has 4 aromatic rings. The Morgan fingerprint density at radius 2 is 1.56 bits per heavy atom. The summed E-state index contributed by atoms with van der Waals surface area (Å²) >= 11 is 0. The van der Waals surface area contributed by atoms with Crippen LogP contribution in [0.5, 0.6) is 0 Å². The highest BCUT2D eigenvalue weighted by Crippen LogP contribution is 2.30. The van der Waals surface area contributed by atoms with E-state index in [9.17, 15) is 18.4 Å². The van der Waals surface area contributed by atoms with Gasteiger partial charge in [0.15, 0.2) is 11.6 Å². The van der Waals surface area contributed by atoms with E-state index < -0.39 is 17.3 Å². The number of imidazole rings is 1. The smallest absolute Gasteiger partial charge is 0.334 e.